The maximum Gasteiger partial charge on any atom is 0.339 e. The summed E-state index contributed by atoms with van der Waals surface area (Å²) in [5.74, 6) is 0.149. The molecule has 0 spiro atoms. The Bertz CT molecular complexity index is 381. The normalized spacial score (nSPS) is 16.4. The first kappa shape index (κ1) is 11.9. The summed E-state index contributed by atoms with van der Waals surface area (Å²) in [7, 11) is 0. The lowest BCUT2D eigenvalue weighted by atomic mass is 10.1. The SMILES string of the molecule is CCOC(=O)C(O)c1ccc(OC2CC2)cc1. The second kappa shape index (κ2) is 5.19. The van der Waals surface area contributed by atoms with Crippen LogP contribution < -0.4 is 4.74 Å². The van der Waals surface area contributed by atoms with E-state index in [0.29, 0.717) is 11.7 Å². The van der Waals surface area contributed by atoms with Crippen molar-refractivity contribution in [2.45, 2.75) is 32.0 Å². The van der Waals surface area contributed by atoms with E-state index in [1.54, 1.807) is 31.2 Å². The first-order valence-corrected chi connectivity index (χ1v) is 5.82. The van der Waals surface area contributed by atoms with E-state index in [2.05, 4.69) is 0 Å². The number of hydrogen-bond acceptors (Lipinski definition) is 4. The molecule has 4 nitrogen and oxygen atoms in total. The lowest BCUT2D eigenvalue weighted by molar-refractivity contribution is -0.153. The molecule has 17 heavy (non-hydrogen) atoms. The Balaban J connectivity index is 1.98. The highest BCUT2D eigenvalue weighted by Gasteiger charge is 2.24. The summed E-state index contributed by atoms with van der Waals surface area (Å²) < 4.78 is 10.3. The fraction of sp³-hybridized carbons (Fsp3) is 0.462. The van der Waals surface area contributed by atoms with Gasteiger partial charge in [-0.25, -0.2) is 4.79 Å². The van der Waals surface area contributed by atoms with E-state index in [0.717, 1.165) is 18.6 Å². The molecule has 1 aromatic carbocycles. The molecular formula is C13H16O4. The third kappa shape index (κ3) is 3.20. The molecule has 0 radical (unpaired) electrons. The smallest absolute Gasteiger partial charge is 0.339 e. The second-order valence-corrected chi connectivity index (χ2v) is 4.04. The maximum atomic E-state index is 11.3. The lowest BCUT2D eigenvalue weighted by Gasteiger charge is -2.10. The number of aliphatic hydroxyl groups is 1. The molecule has 92 valence electrons. The standard InChI is InChI=1S/C13H16O4/c1-2-16-13(15)12(14)9-3-5-10(6-4-9)17-11-7-8-11/h3-6,11-12,14H,2,7-8H2,1H3. The van der Waals surface area contributed by atoms with Gasteiger partial charge in [-0.1, -0.05) is 12.1 Å². The first-order chi connectivity index (χ1) is 8.20. The van der Waals surface area contributed by atoms with Crippen molar-refractivity contribution in [2.75, 3.05) is 6.61 Å². The zero-order valence-electron chi connectivity index (χ0n) is 9.76. The molecular weight excluding hydrogens is 220 g/mol. The summed E-state index contributed by atoms with van der Waals surface area (Å²) in [5.41, 5.74) is 0.520. The predicted octanol–water partition coefficient (Wildman–Crippen LogP) is 1.82. The minimum absolute atomic E-state index is 0.263. The zero-order valence-corrected chi connectivity index (χ0v) is 9.76. The average molecular weight is 236 g/mol. The largest absolute Gasteiger partial charge is 0.490 e. The van der Waals surface area contributed by atoms with E-state index in [-0.39, 0.29) is 6.61 Å². The van der Waals surface area contributed by atoms with Crippen LogP contribution in [0.2, 0.25) is 0 Å². The number of esters is 1. The topological polar surface area (TPSA) is 55.8 Å². The summed E-state index contributed by atoms with van der Waals surface area (Å²) in [5, 5.41) is 9.69. The van der Waals surface area contributed by atoms with Gasteiger partial charge >= 0.3 is 5.97 Å². The maximum absolute atomic E-state index is 11.3. The molecule has 1 unspecified atom stereocenters. The molecule has 0 amide bonds. The van der Waals surface area contributed by atoms with Gasteiger partial charge in [0.05, 0.1) is 12.7 Å². The van der Waals surface area contributed by atoms with Gasteiger partial charge in [-0.05, 0) is 37.5 Å². The van der Waals surface area contributed by atoms with Crippen LogP contribution >= 0.6 is 0 Å². The van der Waals surface area contributed by atoms with Crippen molar-refractivity contribution in [2.24, 2.45) is 0 Å². The molecule has 1 N–H and O–H groups in total. The van der Waals surface area contributed by atoms with Crippen molar-refractivity contribution < 1.29 is 19.4 Å². The monoisotopic (exact) mass is 236 g/mol. The quantitative estimate of drug-likeness (QED) is 0.792. The molecule has 1 aromatic rings. The van der Waals surface area contributed by atoms with Crippen LogP contribution in [0.4, 0.5) is 0 Å². The van der Waals surface area contributed by atoms with E-state index in [4.69, 9.17) is 9.47 Å². The van der Waals surface area contributed by atoms with Gasteiger partial charge in [-0.3, -0.25) is 0 Å². The van der Waals surface area contributed by atoms with Gasteiger partial charge in [0, 0.05) is 0 Å². The summed E-state index contributed by atoms with van der Waals surface area (Å²) in [4.78, 5) is 11.3. The molecule has 0 saturated heterocycles. The first-order valence-electron chi connectivity index (χ1n) is 5.82. The summed E-state index contributed by atoms with van der Waals surface area (Å²) >= 11 is 0. The van der Waals surface area contributed by atoms with Crippen LogP contribution in [0.15, 0.2) is 24.3 Å². The number of rotatable bonds is 5. The van der Waals surface area contributed by atoms with Crippen molar-refractivity contribution in [1.29, 1.82) is 0 Å². The number of carbonyl (C=O) groups is 1. The summed E-state index contributed by atoms with van der Waals surface area (Å²) in [6.07, 6.45) is 1.33. The number of aliphatic hydroxyl groups excluding tert-OH is 1. The van der Waals surface area contributed by atoms with Crippen LogP contribution in [-0.2, 0) is 9.53 Å². The zero-order chi connectivity index (χ0) is 12.3. The molecule has 4 heteroatoms. The molecule has 2 rings (SSSR count). The Morgan fingerprint density at radius 1 is 1.41 bits per heavy atom. The van der Waals surface area contributed by atoms with Gasteiger partial charge < -0.3 is 14.6 Å². The second-order valence-electron chi connectivity index (χ2n) is 4.04. The fourth-order valence-corrected chi connectivity index (χ4v) is 1.46. The van der Waals surface area contributed by atoms with E-state index in [9.17, 15) is 9.90 Å². The Hall–Kier alpha value is -1.55. The van der Waals surface area contributed by atoms with Crippen molar-refractivity contribution >= 4 is 5.97 Å². The highest BCUT2D eigenvalue weighted by molar-refractivity contribution is 5.76. The van der Waals surface area contributed by atoms with Crippen LogP contribution in [0.1, 0.15) is 31.4 Å². The Morgan fingerprint density at radius 2 is 2.06 bits per heavy atom. The molecule has 1 aliphatic carbocycles. The van der Waals surface area contributed by atoms with E-state index in [1.165, 1.54) is 0 Å². The highest BCUT2D eigenvalue weighted by atomic mass is 16.5. The molecule has 0 heterocycles. The minimum atomic E-state index is -1.22. The minimum Gasteiger partial charge on any atom is -0.490 e. The lowest BCUT2D eigenvalue weighted by Crippen LogP contribution is -2.15. The van der Waals surface area contributed by atoms with Gasteiger partial charge in [0.1, 0.15) is 5.75 Å². The van der Waals surface area contributed by atoms with Crippen molar-refractivity contribution in [3.63, 3.8) is 0 Å². The molecule has 0 bridgehead atoms. The number of carbonyl (C=O) groups excluding carboxylic acids is 1. The highest BCUT2D eigenvalue weighted by Crippen LogP contribution is 2.27. The van der Waals surface area contributed by atoms with Crippen LogP contribution in [0.5, 0.6) is 5.75 Å². The van der Waals surface area contributed by atoms with Crippen molar-refractivity contribution in [3.8, 4) is 5.75 Å². The number of ether oxygens (including phenoxy) is 2. The van der Waals surface area contributed by atoms with E-state index >= 15 is 0 Å². The van der Waals surface area contributed by atoms with Crippen LogP contribution in [0, 0.1) is 0 Å². The van der Waals surface area contributed by atoms with Crippen LogP contribution in [0.3, 0.4) is 0 Å². The predicted molar refractivity (Wildman–Crippen MR) is 61.7 cm³/mol. The summed E-state index contributed by atoms with van der Waals surface area (Å²) in [6.45, 7) is 1.97. The molecule has 0 aliphatic heterocycles. The Morgan fingerprint density at radius 3 is 2.59 bits per heavy atom. The Labute approximate surface area is 100 Å². The van der Waals surface area contributed by atoms with Crippen LogP contribution in [0.25, 0.3) is 0 Å². The van der Waals surface area contributed by atoms with Crippen molar-refractivity contribution in [1.82, 2.24) is 0 Å². The average Bonchev–Trinajstić information content (AvgIpc) is 3.13. The third-order valence-electron chi connectivity index (χ3n) is 2.53. The Kier molecular flexibility index (Phi) is 3.64. The van der Waals surface area contributed by atoms with Gasteiger partial charge in [0.25, 0.3) is 0 Å². The molecule has 1 saturated carbocycles. The van der Waals surface area contributed by atoms with Crippen molar-refractivity contribution in [3.05, 3.63) is 29.8 Å². The summed E-state index contributed by atoms with van der Waals surface area (Å²) in [6, 6.07) is 6.88. The van der Waals surface area contributed by atoms with Gasteiger partial charge in [-0.15, -0.1) is 0 Å². The fourth-order valence-electron chi connectivity index (χ4n) is 1.46. The molecule has 1 fully saturated rings. The van der Waals surface area contributed by atoms with Gasteiger partial charge in [-0.2, -0.15) is 0 Å². The number of hydrogen-bond donors (Lipinski definition) is 1. The molecule has 0 aromatic heterocycles. The van der Waals surface area contributed by atoms with Gasteiger partial charge in [0.15, 0.2) is 6.10 Å². The molecule has 1 atom stereocenters. The van der Waals surface area contributed by atoms with Gasteiger partial charge in [0.2, 0.25) is 0 Å². The molecule has 1 aliphatic rings. The number of benzene rings is 1. The third-order valence-corrected chi connectivity index (χ3v) is 2.53. The van der Waals surface area contributed by atoms with Crippen LogP contribution in [-0.4, -0.2) is 23.8 Å². The van der Waals surface area contributed by atoms with E-state index in [1.807, 2.05) is 0 Å². The van der Waals surface area contributed by atoms with E-state index < -0.39 is 12.1 Å².